The summed E-state index contributed by atoms with van der Waals surface area (Å²) >= 11 is 0. The van der Waals surface area contributed by atoms with Gasteiger partial charge in [0.15, 0.2) is 0 Å². The summed E-state index contributed by atoms with van der Waals surface area (Å²) < 4.78 is 13.0. The number of amides is 3. The second kappa shape index (κ2) is 14.7. The maximum absolute atomic E-state index is 15.4. The topological polar surface area (TPSA) is 125 Å². The first-order chi connectivity index (χ1) is 26.3. The molecule has 0 unspecified atom stereocenters. The van der Waals surface area contributed by atoms with Gasteiger partial charge in [-0.25, -0.2) is 0 Å². The molecule has 0 radical (unpaired) electrons. The summed E-state index contributed by atoms with van der Waals surface area (Å²) in [5.74, 6) is -3.89. The Morgan fingerprint density at radius 2 is 1.59 bits per heavy atom. The first-order valence-electron chi connectivity index (χ1n) is 18.6. The number of fused-ring (bicyclic) bond motifs is 3. The fourth-order valence-corrected chi connectivity index (χ4v) is 8.72. The van der Waals surface area contributed by atoms with Crippen LogP contribution in [-0.4, -0.2) is 76.7 Å². The smallest absolute Gasteiger partial charge is 0.313 e. The molecule has 4 heterocycles. The minimum absolute atomic E-state index is 0.144. The van der Waals surface area contributed by atoms with Gasteiger partial charge in [0.25, 0.3) is 5.91 Å². The van der Waals surface area contributed by atoms with Gasteiger partial charge in [0.2, 0.25) is 11.8 Å². The van der Waals surface area contributed by atoms with E-state index in [2.05, 4.69) is 5.32 Å². The van der Waals surface area contributed by atoms with Crippen molar-refractivity contribution >= 4 is 40.2 Å². The number of likely N-dealkylation sites (tertiary alicyclic amines) is 1. The zero-order valence-corrected chi connectivity index (χ0v) is 30.0. The van der Waals surface area contributed by atoms with E-state index < -0.39 is 72.2 Å². The maximum atomic E-state index is 15.4. The molecule has 0 saturated carbocycles. The van der Waals surface area contributed by atoms with Crippen LogP contribution in [0.2, 0.25) is 0 Å². The van der Waals surface area contributed by atoms with Crippen molar-refractivity contribution in [2.45, 2.75) is 62.1 Å². The molecule has 276 valence electrons. The van der Waals surface area contributed by atoms with E-state index in [0.717, 1.165) is 16.3 Å². The van der Waals surface area contributed by atoms with Crippen molar-refractivity contribution in [2.75, 3.05) is 18.1 Å². The Bertz CT molecular complexity index is 2120. The lowest BCUT2D eigenvalue weighted by molar-refractivity contribution is -0.161. The number of allylic oxidation sites excluding steroid dienone is 1. The van der Waals surface area contributed by atoms with Gasteiger partial charge in [-0.1, -0.05) is 115 Å². The quantitative estimate of drug-likeness (QED) is 0.210. The Hall–Kier alpha value is -5.58. The van der Waals surface area contributed by atoms with Crippen LogP contribution in [0, 0.1) is 11.8 Å². The number of esters is 1. The second-order valence-electron chi connectivity index (χ2n) is 14.6. The molecule has 4 aromatic rings. The Morgan fingerprint density at radius 1 is 0.870 bits per heavy atom. The average molecular weight is 726 g/mol. The van der Waals surface area contributed by atoms with Crippen LogP contribution < -0.4 is 10.2 Å². The summed E-state index contributed by atoms with van der Waals surface area (Å²) in [5.41, 5.74) is 0.684. The van der Waals surface area contributed by atoms with Crippen LogP contribution in [0.3, 0.4) is 0 Å². The van der Waals surface area contributed by atoms with E-state index in [1.807, 2.05) is 115 Å². The minimum atomic E-state index is -1.50. The molecule has 0 aliphatic carbocycles. The summed E-state index contributed by atoms with van der Waals surface area (Å²) in [7, 11) is 0. The van der Waals surface area contributed by atoms with Gasteiger partial charge in [0, 0.05) is 18.7 Å². The van der Waals surface area contributed by atoms with Gasteiger partial charge in [-0.15, -0.1) is 0 Å². The fourth-order valence-electron chi connectivity index (χ4n) is 8.72. The Balaban J connectivity index is 1.25. The van der Waals surface area contributed by atoms with Crippen LogP contribution >= 0.6 is 0 Å². The highest BCUT2D eigenvalue weighted by Gasteiger charge is 2.74. The number of hydrogen-bond donors (Lipinski definition) is 2. The van der Waals surface area contributed by atoms with E-state index in [4.69, 9.17) is 9.47 Å². The minimum Gasteiger partial charge on any atom is -0.455 e. The van der Waals surface area contributed by atoms with E-state index in [1.165, 1.54) is 4.90 Å². The molecule has 8 atom stereocenters. The molecule has 4 aliphatic rings. The molecule has 2 saturated heterocycles. The number of nitrogens with zero attached hydrogens (tertiary/aromatic N) is 2. The first kappa shape index (κ1) is 35.4. The predicted molar refractivity (Wildman–Crippen MR) is 203 cm³/mol. The number of anilines is 1. The monoisotopic (exact) mass is 725 g/mol. The third-order valence-corrected chi connectivity index (χ3v) is 11.3. The predicted octanol–water partition coefficient (Wildman–Crippen LogP) is 5.07. The first-order valence-corrected chi connectivity index (χ1v) is 18.6. The lowest BCUT2D eigenvalue weighted by Gasteiger charge is -2.39. The molecular formula is C44H43N3O7. The van der Waals surface area contributed by atoms with E-state index in [9.17, 15) is 14.7 Å². The molecule has 2 fully saturated rings. The fraction of sp³-hybridized carbons (Fsp3) is 0.318. The molecule has 0 aromatic heterocycles. The SMILES string of the molecule is C[C@H]1NC(=O)CC/C=C\CN(c2ccc3ccccc3c2)C(=O)[C@@H]2N([C@@H](CO)Cc3ccccc3)C(=O)[C@H]3[C@H](C(=O)O[C@@H]1c1ccccc1)[C@@H]1C=C[C@]23O1. The zero-order chi connectivity index (χ0) is 37.4. The van der Waals surface area contributed by atoms with Crippen LogP contribution in [0.25, 0.3) is 10.8 Å². The van der Waals surface area contributed by atoms with Gasteiger partial charge >= 0.3 is 5.97 Å². The molecule has 54 heavy (non-hydrogen) atoms. The largest absolute Gasteiger partial charge is 0.455 e. The maximum Gasteiger partial charge on any atom is 0.313 e. The van der Waals surface area contributed by atoms with Crippen LogP contribution in [0.1, 0.15) is 37.0 Å². The average Bonchev–Trinajstić information content (AvgIpc) is 3.84. The van der Waals surface area contributed by atoms with E-state index in [-0.39, 0.29) is 25.3 Å². The van der Waals surface area contributed by atoms with Crippen molar-refractivity contribution in [1.29, 1.82) is 0 Å². The highest BCUT2D eigenvalue weighted by molar-refractivity contribution is 6.06. The zero-order valence-electron chi connectivity index (χ0n) is 30.0. The van der Waals surface area contributed by atoms with Crippen molar-refractivity contribution in [3.05, 3.63) is 139 Å². The number of carbonyl (C=O) groups excluding carboxylic acids is 4. The second-order valence-corrected chi connectivity index (χ2v) is 14.6. The third kappa shape index (κ3) is 6.29. The summed E-state index contributed by atoms with van der Waals surface area (Å²) in [6.45, 7) is 1.52. The summed E-state index contributed by atoms with van der Waals surface area (Å²) in [6, 6.07) is 29.7. The van der Waals surface area contributed by atoms with Crippen LogP contribution in [0.5, 0.6) is 0 Å². The number of cyclic esters (lactones) is 1. The number of hydrogen-bond acceptors (Lipinski definition) is 7. The molecule has 8 rings (SSSR count). The number of ether oxygens (including phenoxy) is 2. The highest BCUT2D eigenvalue weighted by atomic mass is 16.6. The summed E-state index contributed by atoms with van der Waals surface area (Å²) in [5, 5.41) is 15.9. The molecule has 5 bridgehead atoms. The van der Waals surface area contributed by atoms with Crippen molar-refractivity contribution < 1.29 is 33.8 Å². The highest BCUT2D eigenvalue weighted by Crippen LogP contribution is 2.56. The normalized spacial score (nSPS) is 29.6. The van der Waals surface area contributed by atoms with Gasteiger partial charge in [-0.05, 0) is 53.8 Å². The molecule has 1 spiro atoms. The van der Waals surface area contributed by atoms with Crippen molar-refractivity contribution in [2.24, 2.45) is 11.8 Å². The third-order valence-electron chi connectivity index (χ3n) is 11.3. The van der Waals surface area contributed by atoms with E-state index in [0.29, 0.717) is 17.7 Å². The van der Waals surface area contributed by atoms with Gasteiger partial charge in [-0.3, -0.25) is 19.2 Å². The molecule has 10 nitrogen and oxygen atoms in total. The Morgan fingerprint density at radius 3 is 2.35 bits per heavy atom. The number of nitrogens with one attached hydrogen (secondary N) is 1. The molecular weight excluding hydrogens is 682 g/mol. The van der Waals surface area contributed by atoms with E-state index >= 15 is 9.59 Å². The van der Waals surface area contributed by atoms with Gasteiger partial charge in [-0.2, -0.15) is 0 Å². The lowest BCUT2D eigenvalue weighted by atomic mass is 9.74. The van der Waals surface area contributed by atoms with Gasteiger partial charge < -0.3 is 29.7 Å². The number of rotatable bonds is 6. The van der Waals surface area contributed by atoms with Crippen molar-refractivity contribution in [1.82, 2.24) is 10.2 Å². The van der Waals surface area contributed by atoms with Crippen LogP contribution in [0.15, 0.2) is 127 Å². The van der Waals surface area contributed by atoms with Crippen molar-refractivity contribution in [3.63, 3.8) is 0 Å². The molecule has 4 aromatic carbocycles. The number of benzene rings is 4. The standard InChI is InChI=1S/C44H43N3O7/c1-28-39(31-16-7-3-8-17-31)53-43(52)37-35-22-23-44(54-35)38(37)41(50)47(34(27-48)25-29-13-5-2-6-14-29)40(44)42(51)46(24-12-4-9-19-36(49)45-28)33-21-20-30-15-10-11-18-32(30)26-33/h2-8,10-18,20-23,26,28,34-35,37-40,48H,9,19,24-25,27H2,1H3,(H,45,49)/b12-4-/t28-,34-,35+,37-,38-,39+,40+,44-/m1/s1. The molecule has 3 amide bonds. The van der Waals surface area contributed by atoms with Crippen molar-refractivity contribution in [3.8, 4) is 0 Å². The number of aliphatic hydroxyl groups excluding tert-OH is 1. The van der Waals surface area contributed by atoms with Gasteiger partial charge in [0.05, 0.1) is 30.7 Å². The van der Waals surface area contributed by atoms with Crippen LogP contribution in [-0.2, 0) is 35.1 Å². The molecule has 2 N–H and O–H groups in total. The summed E-state index contributed by atoms with van der Waals surface area (Å²) in [4.78, 5) is 61.2. The number of carbonyl (C=O) groups is 4. The lowest BCUT2D eigenvalue weighted by Crippen LogP contribution is -2.59. The van der Waals surface area contributed by atoms with Gasteiger partial charge in [0.1, 0.15) is 23.7 Å². The Kier molecular flexibility index (Phi) is 9.64. The number of aliphatic hydroxyl groups is 1. The van der Waals surface area contributed by atoms with E-state index in [1.54, 1.807) is 24.0 Å². The van der Waals surface area contributed by atoms with Crippen LogP contribution in [0.4, 0.5) is 5.69 Å². The molecule has 4 aliphatic heterocycles. The Labute approximate surface area is 314 Å². The molecule has 10 heteroatoms. The summed E-state index contributed by atoms with van der Waals surface area (Å²) in [6.07, 6.45) is 6.45.